The van der Waals surface area contributed by atoms with Crippen molar-refractivity contribution in [1.82, 2.24) is 24.6 Å². The third-order valence-corrected chi connectivity index (χ3v) is 9.44. The molecule has 13 nitrogen and oxygen atoms in total. The number of imidazole rings is 1. The molecular weight excluding hydrogens is 582 g/mol. The second-order valence-corrected chi connectivity index (χ2v) is 12.5. The van der Waals surface area contributed by atoms with Gasteiger partial charge >= 0.3 is 13.7 Å². The number of esters is 1. The van der Waals surface area contributed by atoms with Crippen LogP contribution in [-0.2, 0) is 23.4 Å². The number of hydrogen-bond donors (Lipinski definition) is 3. The molecule has 222 valence electrons. The maximum atomic E-state index is 16.2. The SMILES string of the molecule is CC(C)OC(=O)[C@H](C)NP(=O)(OC[C@H]1C2(C)O[C@@H](n3cnc4c(N)nc(Cl)nc43)C(F)C12CO)Oc1ccccc1. The van der Waals surface area contributed by atoms with Crippen molar-refractivity contribution in [3.05, 3.63) is 41.9 Å². The fraction of sp³-hybridized carbons (Fsp3) is 0.520. The van der Waals surface area contributed by atoms with Crippen molar-refractivity contribution in [3.8, 4) is 5.75 Å². The molecule has 3 heterocycles. The Labute approximate surface area is 240 Å². The Hall–Kier alpha value is -2.87. The van der Waals surface area contributed by atoms with E-state index in [1.165, 1.54) is 17.8 Å². The summed E-state index contributed by atoms with van der Waals surface area (Å²) in [6, 6.07) is 7.19. The predicted molar refractivity (Wildman–Crippen MR) is 146 cm³/mol. The Morgan fingerprint density at radius 3 is 2.66 bits per heavy atom. The van der Waals surface area contributed by atoms with Gasteiger partial charge in [0.1, 0.15) is 17.3 Å². The van der Waals surface area contributed by atoms with Gasteiger partial charge in [-0.3, -0.25) is 13.9 Å². The standard InChI is InChI=1S/C25H31ClFN6O7P/c1-13(2)38-22(35)14(3)32-41(36,40-15-8-6-5-7-9-15)37-10-16-24(4)25(16,11-34)18(27)21(39-24)33-12-29-17-19(28)30-23(26)31-20(17)33/h5-9,12-14,16,18,21,34H,10-11H2,1-4H3,(H,32,36)(H2,28,30,31)/t14-,16-,18?,21+,24?,25?,41?/m0/s1. The van der Waals surface area contributed by atoms with Gasteiger partial charge in [-0.1, -0.05) is 18.2 Å². The number of para-hydroxylation sites is 1. The zero-order valence-corrected chi connectivity index (χ0v) is 24.4. The number of nitrogens with zero attached hydrogens (tertiary/aromatic N) is 4. The van der Waals surface area contributed by atoms with Gasteiger partial charge in [-0.15, -0.1) is 0 Å². The van der Waals surface area contributed by atoms with Crippen molar-refractivity contribution >= 4 is 42.3 Å². The summed E-state index contributed by atoms with van der Waals surface area (Å²) in [6.07, 6.45) is -2.04. The Morgan fingerprint density at radius 2 is 2.02 bits per heavy atom. The summed E-state index contributed by atoms with van der Waals surface area (Å²) in [5.74, 6) is -1.13. The molecule has 2 aromatic heterocycles. The van der Waals surface area contributed by atoms with Gasteiger partial charge in [0.15, 0.2) is 23.9 Å². The molecule has 41 heavy (non-hydrogen) atoms. The Kier molecular flexibility index (Phi) is 7.77. The number of anilines is 1. The van der Waals surface area contributed by atoms with E-state index in [4.69, 9.17) is 35.9 Å². The first-order valence-electron chi connectivity index (χ1n) is 12.9. The molecule has 4 N–H and O–H groups in total. The summed E-state index contributed by atoms with van der Waals surface area (Å²) in [7, 11) is -4.22. The molecular formula is C25H31ClFN6O7P. The summed E-state index contributed by atoms with van der Waals surface area (Å²) in [5, 5.41) is 12.9. The van der Waals surface area contributed by atoms with Gasteiger partial charge in [0, 0.05) is 5.92 Å². The van der Waals surface area contributed by atoms with Gasteiger partial charge in [0.25, 0.3) is 0 Å². The maximum Gasteiger partial charge on any atom is 0.459 e. The van der Waals surface area contributed by atoms with E-state index < -0.39 is 61.8 Å². The highest BCUT2D eigenvalue weighted by atomic mass is 35.5. The van der Waals surface area contributed by atoms with Crippen LogP contribution in [0.15, 0.2) is 36.7 Å². The quantitative estimate of drug-likeness (QED) is 0.164. The lowest BCUT2D eigenvalue weighted by Gasteiger charge is -2.26. The van der Waals surface area contributed by atoms with Crippen LogP contribution in [0.25, 0.3) is 11.2 Å². The molecule has 16 heteroatoms. The van der Waals surface area contributed by atoms with Gasteiger partial charge in [-0.05, 0) is 51.4 Å². The van der Waals surface area contributed by atoms with Crippen molar-refractivity contribution in [2.45, 2.75) is 57.8 Å². The molecule has 3 aromatic rings. The number of hydrogen-bond acceptors (Lipinski definition) is 11. The van der Waals surface area contributed by atoms with Crippen LogP contribution in [0.2, 0.25) is 5.28 Å². The van der Waals surface area contributed by atoms with Crippen molar-refractivity contribution in [2.24, 2.45) is 11.3 Å². The van der Waals surface area contributed by atoms with Gasteiger partial charge in [0.2, 0.25) is 5.28 Å². The summed E-state index contributed by atoms with van der Waals surface area (Å²) in [5.41, 5.74) is 3.65. The highest BCUT2D eigenvalue weighted by molar-refractivity contribution is 7.52. The Bertz CT molecular complexity index is 1500. The molecule has 2 aliphatic rings. The molecule has 0 bridgehead atoms. The Morgan fingerprint density at radius 1 is 1.32 bits per heavy atom. The van der Waals surface area contributed by atoms with Crippen LogP contribution in [0.4, 0.5) is 10.2 Å². The van der Waals surface area contributed by atoms with Gasteiger partial charge in [-0.2, -0.15) is 15.1 Å². The minimum absolute atomic E-state index is 0.0276. The van der Waals surface area contributed by atoms with E-state index in [9.17, 15) is 14.5 Å². The van der Waals surface area contributed by atoms with Crippen molar-refractivity contribution in [1.29, 1.82) is 0 Å². The number of aliphatic hydroxyl groups is 1. The number of benzene rings is 1. The number of nitrogens with two attached hydrogens (primary N) is 1. The summed E-state index contributed by atoms with van der Waals surface area (Å²) in [4.78, 5) is 24.5. The summed E-state index contributed by atoms with van der Waals surface area (Å²) in [6.45, 7) is 5.56. The van der Waals surface area contributed by atoms with Crippen molar-refractivity contribution in [2.75, 3.05) is 18.9 Å². The molecule has 0 radical (unpaired) electrons. The normalized spacial score (nSPS) is 29.2. The number of ether oxygens (including phenoxy) is 2. The van der Waals surface area contributed by atoms with Crippen LogP contribution in [0.1, 0.15) is 33.9 Å². The van der Waals surface area contributed by atoms with E-state index >= 15 is 4.39 Å². The average Bonchev–Trinajstić information content (AvgIpc) is 3.11. The van der Waals surface area contributed by atoms with Crippen molar-refractivity contribution in [3.63, 3.8) is 0 Å². The zero-order valence-electron chi connectivity index (χ0n) is 22.7. The third kappa shape index (κ3) is 5.06. The maximum absolute atomic E-state index is 16.2. The van der Waals surface area contributed by atoms with E-state index in [1.54, 1.807) is 51.1 Å². The monoisotopic (exact) mass is 612 g/mol. The van der Waals surface area contributed by atoms with E-state index in [1.807, 2.05) is 0 Å². The fourth-order valence-electron chi connectivity index (χ4n) is 5.48. The van der Waals surface area contributed by atoms with Crippen molar-refractivity contribution < 1.29 is 37.4 Å². The first-order valence-corrected chi connectivity index (χ1v) is 14.8. The lowest BCUT2D eigenvalue weighted by atomic mass is 9.96. The molecule has 2 fully saturated rings. The largest absolute Gasteiger partial charge is 0.462 e. The van der Waals surface area contributed by atoms with Crippen LogP contribution in [0.5, 0.6) is 5.75 Å². The highest BCUT2D eigenvalue weighted by Crippen LogP contribution is 2.74. The van der Waals surface area contributed by atoms with Crippen LogP contribution in [0.3, 0.4) is 0 Å². The van der Waals surface area contributed by atoms with Gasteiger partial charge < -0.3 is 24.8 Å². The number of carbonyl (C=O) groups excluding carboxylic acids is 1. The minimum Gasteiger partial charge on any atom is -0.462 e. The molecule has 4 unspecified atom stereocenters. The summed E-state index contributed by atoms with van der Waals surface area (Å²) >= 11 is 5.95. The topological polar surface area (TPSA) is 173 Å². The predicted octanol–water partition coefficient (Wildman–Crippen LogP) is 3.43. The van der Waals surface area contributed by atoms with E-state index in [-0.39, 0.29) is 34.6 Å². The molecule has 1 saturated carbocycles. The minimum atomic E-state index is -4.22. The highest BCUT2D eigenvalue weighted by Gasteiger charge is 2.85. The van der Waals surface area contributed by atoms with Gasteiger partial charge in [-0.25, -0.2) is 13.9 Å². The number of nitrogen functional groups attached to an aromatic ring is 1. The number of rotatable bonds is 11. The smallest absolute Gasteiger partial charge is 0.459 e. The van der Waals surface area contributed by atoms with Crippen LogP contribution in [0, 0.1) is 11.3 Å². The molecule has 1 saturated heterocycles. The molecule has 0 spiro atoms. The number of alkyl halides is 1. The lowest BCUT2D eigenvalue weighted by Crippen LogP contribution is -2.36. The van der Waals surface area contributed by atoms with Crippen LogP contribution >= 0.6 is 19.3 Å². The van der Waals surface area contributed by atoms with E-state index in [0.717, 1.165) is 0 Å². The molecule has 1 aromatic carbocycles. The Balaban J connectivity index is 1.36. The van der Waals surface area contributed by atoms with E-state index in [2.05, 4.69) is 20.0 Å². The summed E-state index contributed by atoms with van der Waals surface area (Å²) < 4.78 is 54.2. The number of nitrogens with one attached hydrogen (secondary N) is 1. The number of aromatic nitrogens is 4. The second-order valence-electron chi connectivity index (χ2n) is 10.5. The molecule has 1 aliphatic heterocycles. The third-order valence-electron chi connectivity index (χ3n) is 7.63. The number of fused-ring (bicyclic) bond motifs is 2. The van der Waals surface area contributed by atoms with Crippen LogP contribution < -0.4 is 15.3 Å². The zero-order chi connectivity index (χ0) is 29.7. The molecule has 1 aliphatic carbocycles. The fourth-order valence-corrected chi connectivity index (χ4v) is 7.15. The lowest BCUT2D eigenvalue weighted by molar-refractivity contribution is -0.149. The second kappa shape index (κ2) is 10.8. The first kappa shape index (κ1) is 29.6. The van der Waals surface area contributed by atoms with Crippen LogP contribution in [-0.4, -0.2) is 67.7 Å². The molecule has 5 rings (SSSR count). The molecule has 0 amide bonds. The number of carbonyl (C=O) groups is 1. The first-order chi connectivity index (χ1) is 19.3. The number of aliphatic hydroxyl groups excluding tert-OH is 1. The van der Waals surface area contributed by atoms with E-state index in [0.29, 0.717) is 0 Å². The van der Waals surface area contributed by atoms with Gasteiger partial charge in [0.05, 0.1) is 36.7 Å². The molecule has 7 atom stereocenters. The average molecular weight is 613 g/mol. The number of halogens is 2.